The van der Waals surface area contributed by atoms with Gasteiger partial charge in [0.15, 0.2) is 5.12 Å². The summed E-state index contributed by atoms with van der Waals surface area (Å²) in [5.74, 6) is 0.192. The highest BCUT2D eigenvalue weighted by Crippen LogP contribution is 2.48. The van der Waals surface area contributed by atoms with Gasteiger partial charge in [0.05, 0.1) is 40.6 Å². The molecule has 12 heteroatoms. The quantitative estimate of drug-likeness (QED) is 0.0989. The molecule has 0 aromatic heterocycles. The molecule has 0 spiro atoms. The van der Waals surface area contributed by atoms with Crippen LogP contribution >= 0.6 is 23.8 Å². The molecule has 0 atom stereocenters. The van der Waals surface area contributed by atoms with Crippen molar-refractivity contribution in [3.8, 4) is 0 Å². The fourth-order valence-corrected chi connectivity index (χ4v) is 8.31. The van der Waals surface area contributed by atoms with Crippen LogP contribution in [0.25, 0.3) is 0 Å². The molecule has 10 nitrogen and oxygen atoms in total. The summed E-state index contributed by atoms with van der Waals surface area (Å²) in [6, 6.07) is 0. The van der Waals surface area contributed by atoms with Crippen LogP contribution < -0.4 is 10.8 Å². The Morgan fingerprint density at radius 3 is 1.14 bits per heavy atom. The number of hydrogen-bond acceptors (Lipinski definition) is 11. The highest BCUT2D eigenvalue weighted by Gasteiger charge is 2.44. The van der Waals surface area contributed by atoms with E-state index in [4.69, 9.17) is 18.8 Å². The average molecular weight is 849 g/mol. The Morgan fingerprint density at radius 2 is 0.877 bits per heavy atom. The second-order valence-electron chi connectivity index (χ2n) is 19.4. The summed E-state index contributed by atoms with van der Waals surface area (Å²) in [5.41, 5.74) is 4.60. The molecule has 2 N–H and O–H groups in total. The van der Waals surface area contributed by atoms with E-state index in [0.29, 0.717) is 26.8 Å². The van der Waals surface area contributed by atoms with Crippen molar-refractivity contribution in [3.05, 3.63) is 0 Å². The van der Waals surface area contributed by atoms with Crippen molar-refractivity contribution in [2.24, 2.45) is 32.5 Å². The Kier molecular flexibility index (Phi) is 27.0. The van der Waals surface area contributed by atoms with E-state index in [2.05, 4.69) is 48.3 Å². The lowest BCUT2D eigenvalue weighted by atomic mass is 9.76. The maximum Gasteiger partial charge on any atom is 0.225 e. The van der Waals surface area contributed by atoms with Gasteiger partial charge in [-0.25, -0.2) is 25.0 Å². The lowest BCUT2D eigenvalue weighted by molar-refractivity contribution is -0.290. The predicted molar refractivity (Wildman–Crippen MR) is 239 cm³/mol. The zero-order chi connectivity index (χ0) is 42.9. The Balaban J connectivity index is 0.000000344. The first-order valence-corrected chi connectivity index (χ1v) is 24.4. The molecule has 6 rings (SSSR count). The molecule has 0 aromatic carbocycles. The first-order chi connectivity index (χ1) is 26.9. The summed E-state index contributed by atoms with van der Waals surface area (Å²) in [5, 5.41) is 2.99. The number of hydroxylamine groups is 1. The molecule has 338 valence electrons. The van der Waals surface area contributed by atoms with Crippen LogP contribution in [0.15, 0.2) is 0 Å². The van der Waals surface area contributed by atoms with Crippen LogP contribution in [0.4, 0.5) is 0 Å². The largest absolute Gasteiger partial charge is 0.359 e. The molecule has 0 aromatic rings. The van der Waals surface area contributed by atoms with Gasteiger partial charge in [0, 0.05) is 31.2 Å². The molecule has 0 unspecified atom stereocenters. The zero-order valence-corrected chi connectivity index (χ0v) is 40.4. The van der Waals surface area contributed by atoms with Gasteiger partial charge in [0.25, 0.3) is 0 Å². The molecule has 0 saturated heterocycles. The van der Waals surface area contributed by atoms with Crippen LogP contribution in [0.3, 0.4) is 0 Å². The number of amides is 1. The van der Waals surface area contributed by atoms with E-state index in [0.717, 1.165) is 52.1 Å². The Morgan fingerprint density at radius 1 is 0.509 bits per heavy atom. The third kappa shape index (κ3) is 24.6. The van der Waals surface area contributed by atoms with Gasteiger partial charge in [-0.05, 0) is 117 Å². The molecular weight excluding hydrogens is 761 g/mol. The molecule has 6 fully saturated rings. The number of thioether (sulfide) groups is 1. The number of hydrogen-bond donors (Lipinski definition) is 2. The van der Waals surface area contributed by atoms with E-state index >= 15 is 0 Å². The smallest absolute Gasteiger partial charge is 0.225 e. The van der Waals surface area contributed by atoms with E-state index < -0.39 is 0 Å². The van der Waals surface area contributed by atoms with E-state index in [9.17, 15) is 9.59 Å². The third-order valence-corrected chi connectivity index (χ3v) is 14.1. The average Bonchev–Trinajstić information content (AvgIpc) is 4.17. The maximum atomic E-state index is 10.9. The van der Waals surface area contributed by atoms with E-state index in [-0.39, 0.29) is 16.7 Å². The molecule has 0 bridgehead atoms. The molecule has 0 radical (unpaired) electrons. The van der Waals surface area contributed by atoms with Gasteiger partial charge < -0.3 is 14.3 Å². The monoisotopic (exact) mass is 849 g/mol. The minimum Gasteiger partial charge on any atom is -0.359 e. The molecule has 57 heavy (non-hydrogen) atoms. The summed E-state index contributed by atoms with van der Waals surface area (Å²) in [6.07, 6.45) is 31.2. The van der Waals surface area contributed by atoms with Crippen molar-refractivity contribution in [2.75, 3.05) is 67.3 Å². The lowest BCUT2D eigenvalue weighted by Crippen LogP contribution is -2.28. The second kappa shape index (κ2) is 28.2. The Bertz CT molecular complexity index is 969. The Labute approximate surface area is 358 Å². The highest BCUT2D eigenvalue weighted by atomic mass is 32.2. The Hall–Kier alpha value is -0.440. The topological polar surface area (TPSA) is 114 Å². The van der Waals surface area contributed by atoms with Crippen LogP contribution in [0.1, 0.15) is 176 Å². The zero-order valence-electron chi connectivity index (χ0n) is 38.8. The van der Waals surface area contributed by atoms with Gasteiger partial charge in [-0.1, -0.05) is 111 Å². The third-order valence-electron chi connectivity index (χ3n) is 12.9. The summed E-state index contributed by atoms with van der Waals surface area (Å²) in [6.45, 7) is 16.5. The molecule has 6 aliphatic rings. The van der Waals surface area contributed by atoms with Gasteiger partial charge in [-0.2, -0.15) is 0 Å². The molecule has 1 amide bonds. The number of carbonyl (C=O) groups excluding carboxylic acids is 2. The summed E-state index contributed by atoms with van der Waals surface area (Å²) in [4.78, 5) is 45.7. The van der Waals surface area contributed by atoms with Gasteiger partial charge in [-0.15, -0.1) is 0 Å². The van der Waals surface area contributed by atoms with Gasteiger partial charge in [-0.3, -0.25) is 9.59 Å². The van der Waals surface area contributed by atoms with Crippen molar-refractivity contribution in [1.29, 1.82) is 0 Å². The molecule has 0 aliphatic heterocycles. The normalized spacial score (nSPS) is 23.2. The number of rotatable bonds is 14. The van der Waals surface area contributed by atoms with Crippen molar-refractivity contribution < 1.29 is 38.2 Å². The summed E-state index contributed by atoms with van der Waals surface area (Å²) < 4.78 is 5.39. The lowest BCUT2D eigenvalue weighted by Gasteiger charge is -2.32. The van der Waals surface area contributed by atoms with Crippen molar-refractivity contribution in [3.63, 3.8) is 0 Å². The molecule has 0 heterocycles. The van der Waals surface area contributed by atoms with Gasteiger partial charge >= 0.3 is 0 Å². The predicted octanol–water partition coefficient (Wildman–Crippen LogP) is 11.5. The first kappa shape index (κ1) is 54.6. The summed E-state index contributed by atoms with van der Waals surface area (Å²) >= 11 is 2.85. The van der Waals surface area contributed by atoms with E-state index in [1.807, 2.05) is 33.4 Å². The van der Waals surface area contributed by atoms with Crippen LogP contribution in [-0.2, 0) is 38.2 Å². The van der Waals surface area contributed by atoms with E-state index in [1.165, 1.54) is 133 Å². The number of carbonyl (C=O) groups is 2. The minimum atomic E-state index is 0.00868. The molecule has 6 saturated carbocycles. The van der Waals surface area contributed by atoms with Crippen molar-refractivity contribution in [2.45, 2.75) is 176 Å². The first-order valence-electron chi connectivity index (χ1n) is 22.0. The molecular formula is C45H88N2O8S2. The summed E-state index contributed by atoms with van der Waals surface area (Å²) in [7, 11) is 6.63. The maximum absolute atomic E-state index is 10.9. The fraction of sp³-hybridized carbons (Fsp3) is 0.956. The highest BCUT2D eigenvalue weighted by molar-refractivity contribution is 8.13. The van der Waals surface area contributed by atoms with Crippen LogP contribution in [0.2, 0.25) is 0 Å². The molecule has 6 aliphatic carbocycles. The second-order valence-corrected chi connectivity index (χ2v) is 20.7. The number of nitrogens with one attached hydrogen (secondary N) is 2. The SMILES string of the molecule is CNC(=O)C1(C)CC1.CNOCC1(C)CCCCC1.COOCC1(C)CC1.COOCC1(C)CCCCC1.CSC(=O)C1(C)CC1.CSOCC1(C)CCCCC1. The fourth-order valence-electron chi connectivity index (χ4n) is 7.21. The van der Waals surface area contributed by atoms with Crippen molar-refractivity contribution in [1.82, 2.24) is 10.8 Å². The van der Waals surface area contributed by atoms with Crippen LogP contribution in [0.5, 0.6) is 0 Å². The van der Waals surface area contributed by atoms with Crippen LogP contribution in [0, 0.1) is 32.5 Å². The van der Waals surface area contributed by atoms with Crippen molar-refractivity contribution >= 4 is 34.8 Å². The standard InChI is InChI=1S/C9H19NO.C9H18O2.C9H18OS.C6H11NO.C6H12O2.C6H10OS/c2*1-9(8-11-10-2)6-4-3-5-7-9;1-9(8-10-11-2)6-4-3-5-7-9;1-6(3-4-6)5(8)7-2;1-6(3-4-6)5-8-7-2;1-6(3-4-6)5(7)8-2/h10H,3-8H2,1-2H3;2*3-8H2,1-2H3;3-4H2,1-2H3,(H,7,8);3-5H2,1-2H3;3-4H2,1-2H3. The van der Waals surface area contributed by atoms with Gasteiger partial charge in [0.1, 0.15) is 0 Å². The van der Waals surface area contributed by atoms with Crippen LogP contribution in [-0.4, -0.2) is 78.3 Å². The van der Waals surface area contributed by atoms with E-state index in [1.54, 1.807) is 21.3 Å². The minimum absolute atomic E-state index is 0.00868. The van der Waals surface area contributed by atoms with Gasteiger partial charge in [0.2, 0.25) is 5.91 Å².